The highest BCUT2D eigenvalue weighted by atomic mass is 35.5. The fourth-order valence-corrected chi connectivity index (χ4v) is 2.10. The van der Waals surface area contributed by atoms with Crippen molar-refractivity contribution >= 4 is 46.7 Å². The summed E-state index contributed by atoms with van der Waals surface area (Å²) in [5.41, 5.74) is 0.625. The first-order chi connectivity index (χ1) is 8.97. The Morgan fingerprint density at radius 1 is 0.947 bits per heavy atom. The predicted octanol–water partition coefficient (Wildman–Crippen LogP) is 4.81. The highest BCUT2D eigenvalue weighted by Gasteiger charge is 2.06. The first-order valence-corrected chi connectivity index (χ1v) is 6.31. The van der Waals surface area contributed by atoms with E-state index in [2.05, 4.69) is 4.99 Å². The molecule has 0 atom stereocenters. The summed E-state index contributed by atoms with van der Waals surface area (Å²) >= 11 is 17.4. The number of halogens is 3. The second-order valence-corrected chi connectivity index (χ2v) is 5.00. The number of phenolic OH excluding ortho intramolecular Hbond substituents is 2. The zero-order valence-corrected chi connectivity index (χ0v) is 11.7. The van der Waals surface area contributed by atoms with Gasteiger partial charge >= 0.3 is 0 Å². The van der Waals surface area contributed by atoms with Crippen molar-refractivity contribution in [3.8, 4) is 11.5 Å². The maximum Gasteiger partial charge on any atom is 0.143 e. The molecule has 0 unspecified atom stereocenters. The summed E-state index contributed by atoms with van der Waals surface area (Å²) in [6.07, 6.45) is 1.35. The average Bonchev–Trinajstić information content (AvgIpc) is 2.35. The summed E-state index contributed by atoms with van der Waals surface area (Å²) in [6, 6.07) is 7.40. The van der Waals surface area contributed by atoms with Gasteiger partial charge in [0.15, 0.2) is 0 Å². The van der Waals surface area contributed by atoms with Crippen molar-refractivity contribution in [1.29, 1.82) is 0 Å². The Hall–Kier alpha value is -1.42. The molecule has 0 saturated heterocycles. The Morgan fingerprint density at radius 3 is 2.42 bits per heavy atom. The Bertz CT molecular complexity index is 657. The number of rotatable bonds is 2. The molecule has 2 N–H and O–H groups in total. The van der Waals surface area contributed by atoms with E-state index in [0.29, 0.717) is 15.6 Å². The number of aliphatic imine (C=N–C) groups is 1. The van der Waals surface area contributed by atoms with Crippen LogP contribution in [0, 0.1) is 0 Å². The van der Waals surface area contributed by atoms with Crippen LogP contribution in [0.5, 0.6) is 11.5 Å². The lowest BCUT2D eigenvalue weighted by atomic mass is 10.2. The number of nitrogens with zero attached hydrogens (tertiary/aromatic N) is 1. The molecule has 0 amide bonds. The molecule has 0 saturated carbocycles. The minimum atomic E-state index is -0.128. The van der Waals surface area contributed by atoms with Gasteiger partial charge in [0.1, 0.15) is 17.2 Å². The molecule has 0 aromatic heterocycles. The molecule has 0 spiro atoms. The van der Waals surface area contributed by atoms with Crippen LogP contribution in [0.15, 0.2) is 35.3 Å². The largest absolute Gasteiger partial charge is 0.506 e. The Kier molecular flexibility index (Phi) is 4.20. The van der Waals surface area contributed by atoms with Gasteiger partial charge in [0.2, 0.25) is 0 Å². The quantitative estimate of drug-likeness (QED) is 0.781. The normalized spacial score (nSPS) is 11.1. The third kappa shape index (κ3) is 3.32. The molecule has 0 aliphatic rings. The first kappa shape index (κ1) is 14.0. The second-order valence-electron chi connectivity index (χ2n) is 3.72. The molecule has 2 aromatic carbocycles. The van der Waals surface area contributed by atoms with Gasteiger partial charge in [-0.2, -0.15) is 0 Å². The summed E-state index contributed by atoms with van der Waals surface area (Å²) < 4.78 is 0. The molecular formula is C13H8Cl3NO2. The van der Waals surface area contributed by atoms with Crippen molar-refractivity contribution in [1.82, 2.24) is 0 Å². The van der Waals surface area contributed by atoms with Crippen LogP contribution in [0.4, 0.5) is 5.69 Å². The van der Waals surface area contributed by atoms with E-state index in [1.807, 2.05) is 0 Å². The van der Waals surface area contributed by atoms with E-state index in [0.717, 1.165) is 0 Å². The number of benzene rings is 2. The summed E-state index contributed by atoms with van der Waals surface area (Å²) in [6.45, 7) is 0. The lowest BCUT2D eigenvalue weighted by Gasteiger charge is -2.03. The molecule has 3 nitrogen and oxygen atoms in total. The average molecular weight is 317 g/mol. The molecule has 0 bridgehead atoms. The molecule has 0 aliphatic carbocycles. The van der Waals surface area contributed by atoms with E-state index >= 15 is 0 Å². The summed E-state index contributed by atoms with van der Waals surface area (Å²) in [5.74, 6) is -0.149. The van der Waals surface area contributed by atoms with E-state index < -0.39 is 0 Å². The van der Waals surface area contributed by atoms with Gasteiger partial charge in [-0.3, -0.25) is 4.99 Å². The molecule has 2 rings (SSSR count). The van der Waals surface area contributed by atoms with Gasteiger partial charge in [-0.25, -0.2) is 0 Å². The third-order valence-corrected chi connectivity index (χ3v) is 3.08. The van der Waals surface area contributed by atoms with Crippen molar-refractivity contribution < 1.29 is 10.2 Å². The summed E-state index contributed by atoms with van der Waals surface area (Å²) in [7, 11) is 0. The van der Waals surface area contributed by atoms with E-state index in [9.17, 15) is 10.2 Å². The Labute approximate surface area is 124 Å². The van der Waals surface area contributed by atoms with E-state index in [-0.39, 0.29) is 22.2 Å². The predicted molar refractivity (Wildman–Crippen MR) is 78.5 cm³/mol. The maximum atomic E-state index is 9.75. The first-order valence-electron chi connectivity index (χ1n) is 5.18. The lowest BCUT2D eigenvalue weighted by molar-refractivity contribution is 0.474. The molecular weight excluding hydrogens is 309 g/mol. The van der Waals surface area contributed by atoms with Crippen LogP contribution >= 0.6 is 34.8 Å². The van der Waals surface area contributed by atoms with Crippen LogP contribution in [0.2, 0.25) is 15.1 Å². The van der Waals surface area contributed by atoms with Crippen molar-refractivity contribution in [2.24, 2.45) is 4.99 Å². The minimum Gasteiger partial charge on any atom is -0.506 e. The van der Waals surface area contributed by atoms with Gasteiger partial charge in [0.25, 0.3) is 0 Å². The van der Waals surface area contributed by atoms with Crippen molar-refractivity contribution in [2.75, 3.05) is 0 Å². The fraction of sp³-hybridized carbons (Fsp3) is 0. The number of aromatic hydroxyl groups is 2. The van der Waals surface area contributed by atoms with Crippen molar-refractivity contribution in [3.63, 3.8) is 0 Å². The van der Waals surface area contributed by atoms with Crippen LogP contribution in [-0.4, -0.2) is 16.4 Å². The molecule has 2 aromatic rings. The topological polar surface area (TPSA) is 52.8 Å². The second kappa shape index (κ2) is 5.70. The SMILES string of the molecule is Oc1ccc(Cl)cc1N=Cc1cc(Cl)cc(Cl)c1O. The van der Waals surface area contributed by atoms with E-state index in [1.54, 1.807) is 6.07 Å². The third-order valence-electron chi connectivity index (χ3n) is 2.34. The lowest BCUT2D eigenvalue weighted by Crippen LogP contribution is -1.84. The Balaban J connectivity index is 2.40. The molecule has 6 heteroatoms. The maximum absolute atomic E-state index is 9.75. The smallest absolute Gasteiger partial charge is 0.143 e. The highest BCUT2D eigenvalue weighted by molar-refractivity contribution is 6.36. The van der Waals surface area contributed by atoms with Crippen molar-refractivity contribution in [2.45, 2.75) is 0 Å². The van der Waals surface area contributed by atoms with E-state index in [4.69, 9.17) is 34.8 Å². The monoisotopic (exact) mass is 315 g/mol. The molecule has 0 aliphatic heterocycles. The van der Waals surface area contributed by atoms with Gasteiger partial charge in [0, 0.05) is 21.8 Å². The van der Waals surface area contributed by atoms with Gasteiger partial charge in [0.05, 0.1) is 5.02 Å². The van der Waals surface area contributed by atoms with Crippen LogP contribution in [0.3, 0.4) is 0 Å². The number of phenols is 2. The zero-order valence-electron chi connectivity index (χ0n) is 9.44. The van der Waals surface area contributed by atoms with E-state index in [1.165, 1.54) is 30.5 Å². The molecule has 0 fully saturated rings. The van der Waals surface area contributed by atoms with Crippen LogP contribution < -0.4 is 0 Å². The standard InChI is InChI=1S/C13H8Cl3NO2/c14-8-1-2-12(18)11(5-8)17-6-7-3-9(15)4-10(16)13(7)19/h1-6,18-19H. The number of hydrogen-bond acceptors (Lipinski definition) is 3. The highest BCUT2D eigenvalue weighted by Crippen LogP contribution is 2.32. The van der Waals surface area contributed by atoms with Gasteiger partial charge in [-0.05, 0) is 30.3 Å². The van der Waals surface area contributed by atoms with Crippen molar-refractivity contribution in [3.05, 3.63) is 51.0 Å². The van der Waals surface area contributed by atoms with Crippen LogP contribution in [0.25, 0.3) is 0 Å². The van der Waals surface area contributed by atoms with Gasteiger partial charge < -0.3 is 10.2 Å². The van der Waals surface area contributed by atoms with Crippen LogP contribution in [0.1, 0.15) is 5.56 Å². The molecule has 98 valence electrons. The summed E-state index contributed by atoms with van der Waals surface area (Å²) in [4.78, 5) is 4.04. The molecule has 0 radical (unpaired) electrons. The Morgan fingerprint density at radius 2 is 1.68 bits per heavy atom. The molecule has 19 heavy (non-hydrogen) atoms. The van der Waals surface area contributed by atoms with Gasteiger partial charge in [-0.15, -0.1) is 0 Å². The van der Waals surface area contributed by atoms with Gasteiger partial charge in [-0.1, -0.05) is 34.8 Å². The summed E-state index contributed by atoms with van der Waals surface area (Å²) in [5, 5.41) is 20.3. The minimum absolute atomic E-state index is 0.0201. The molecule has 0 heterocycles. The van der Waals surface area contributed by atoms with Crippen LogP contribution in [-0.2, 0) is 0 Å². The number of hydrogen-bond donors (Lipinski definition) is 2. The zero-order chi connectivity index (χ0) is 14.0. The fourth-order valence-electron chi connectivity index (χ4n) is 1.42.